The quantitative estimate of drug-likeness (QED) is 0.193. The Labute approximate surface area is 215 Å². The van der Waals surface area contributed by atoms with Crippen LogP contribution in [0.15, 0.2) is 0 Å². The standard InChI is InChI=1S/2C8H16O2.2C2H4O2.2Sn/c2*1-2-3-4-5-6-7-8(9)10;2*1-2(3)4;;/h2*2-7H2,1H3,(H,9,10);2*1H3,(H,3,4);;/q;;;;2*+2/p-4. The van der Waals surface area contributed by atoms with Gasteiger partial charge in [-0.05, 0) is 39.5 Å². The Morgan fingerprint density at radius 2 is 0.700 bits per heavy atom. The van der Waals surface area contributed by atoms with Crippen molar-refractivity contribution in [2.45, 2.75) is 105 Å². The van der Waals surface area contributed by atoms with Gasteiger partial charge in [0.15, 0.2) is 0 Å². The van der Waals surface area contributed by atoms with E-state index >= 15 is 0 Å². The Bertz CT molecular complexity index is 347. The number of carbonyl (C=O) groups excluding carboxylic acids is 4. The zero-order chi connectivity index (χ0) is 22.8. The Morgan fingerprint density at radius 3 is 0.867 bits per heavy atom. The summed E-state index contributed by atoms with van der Waals surface area (Å²) in [7, 11) is 0. The number of unbranched alkanes of at least 4 members (excludes halogenated alkanes) is 8. The Morgan fingerprint density at radius 1 is 0.500 bits per heavy atom. The van der Waals surface area contributed by atoms with Gasteiger partial charge in [0.05, 0.1) is 0 Å². The fourth-order valence-corrected chi connectivity index (χ4v) is 1.75. The molecule has 0 atom stereocenters. The molecule has 0 heterocycles. The van der Waals surface area contributed by atoms with Crippen LogP contribution in [0.5, 0.6) is 0 Å². The summed E-state index contributed by atoms with van der Waals surface area (Å²) in [6, 6.07) is 0. The van der Waals surface area contributed by atoms with Crippen LogP contribution in [0.25, 0.3) is 0 Å². The second-order valence-corrected chi connectivity index (χ2v) is 6.06. The van der Waals surface area contributed by atoms with E-state index in [0.29, 0.717) is 0 Å². The maximum Gasteiger partial charge on any atom is 2.00 e. The van der Waals surface area contributed by atoms with E-state index in [9.17, 15) is 19.8 Å². The van der Waals surface area contributed by atoms with Crippen molar-refractivity contribution < 1.29 is 39.6 Å². The van der Waals surface area contributed by atoms with Crippen molar-refractivity contribution in [2.75, 3.05) is 0 Å². The molecule has 0 aliphatic carbocycles. The molecule has 0 fully saturated rings. The van der Waals surface area contributed by atoms with Crippen LogP contribution in [0, 0.1) is 0 Å². The Balaban J connectivity index is -0.0000000678. The molecule has 0 N–H and O–H groups in total. The number of aliphatic carboxylic acids is 4. The number of hydrogen-bond donors (Lipinski definition) is 0. The van der Waals surface area contributed by atoms with Crippen LogP contribution in [-0.2, 0) is 19.2 Å². The zero-order valence-electron chi connectivity index (χ0n) is 18.8. The minimum atomic E-state index is -1.08. The molecule has 0 aromatic carbocycles. The number of rotatable bonds is 12. The van der Waals surface area contributed by atoms with Gasteiger partial charge in [0.2, 0.25) is 0 Å². The summed E-state index contributed by atoms with van der Waals surface area (Å²) < 4.78 is 0. The molecule has 0 amide bonds. The van der Waals surface area contributed by atoms with Crippen molar-refractivity contribution in [3.05, 3.63) is 0 Å². The third kappa shape index (κ3) is 106. The summed E-state index contributed by atoms with van der Waals surface area (Å²) in [6.07, 6.45) is 11.2. The van der Waals surface area contributed by atoms with Crippen molar-refractivity contribution in [3.8, 4) is 0 Å². The Kier molecular flexibility index (Phi) is 56.4. The molecule has 0 aliphatic rings. The van der Waals surface area contributed by atoms with E-state index in [0.717, 1.165) is 52.4 Å². The molecule has 0 rings (SSSR count). The van der Waals surface area contributed by atoms with E-state index in [4.69, 9.17) is 19.8 Å². The van der Waals surface area contributed by atoms with Gasteiger partial charge in [-0.2, -0.15) is 0 Å². The first-order chi connectivity index (χ1) is 13.0. The van der Waals surface area contributed by atoms with E-state index in [-0.39, 0.29) is 60.7 Å². The van der Waals surface area contributed by atoms with Crippen molar-refractivity contribution in [2.24, 2.45) is 0 Å². The first kappa shape index (κ1) is 43.4. The molecule has 8 nitrogen and oxygen atoms in total. The van der Waals surface area contributed by atoms with Gasteiger partial charge in [-0.3, -0.25) is 0 Å². The van der Waals surface area contributed by atoms with Crippen LogP contribution in [0.1, 0.15) is 105 Å². The summed E-state index contributed by atoms with van der Waals surface area (Å²) in [5.74, 6) is -4.01. The molecule has 10 heteroatoms. The first-order valence-electron chi connectivity index (χ1n) is 9.75. The normalized spacial score (nSPS) is 8.13. The van der Waals surface area contributed by atoms with Crippen LogP contribution < -0.4 is 20.4 Å². The third-order valence-electron chi connectivity index (χ3n) is 2.97. The van der Waals surface area contributed by atoms with E-state index < -0.39 is 23.9 Å². The molecule has 0 aromatic rings. The fraction of sp³-hybridized carbons (Fsp3) is 0.800. The van der Waals surface area contributed by atoms with Crippen molar-refractivity contribution in [3.63, 3.8) is 0 Å². The minimum Gasteiger partial charge on any atom is -0.550 e. The van der Waals surface area contributed by atoms with Gasteiger partial charge in [0.25, 0.3) is 0 Å². The summed E-state index contributed by atoms with van der Waals surface area (Å²) >= 11 is 0. The summed E-state index contributed by atoms with van der Waals surface area (Å²) in [4.78, 5) is 37.6. The molecule has 4 radical (unpaired) electrons. The predicted octanol–water partition coefficient (Wildman–Crippen LogP) is -1.06. The van der Waals surface area contributed by atoms with Gasteiger partial charge in [-0.15, -0.1) is 0 Å². The van der Waals surface area contributed by atoms with Gasteiger partial charge >= 0.3 is 47.8 Å². The molecule has 0 saturated heterocycles. The molecule has 0 aliphatic heterocycles. The van der Waals surface area contributed by atoms with Crippen LogP contribution >= 0.6 is 0 Å². The van der Waals surface area contributed by atoms with Crippen molar-refractivity contribution >= 4 is 71.7 Å². The molecular weight excluding hydrogens is 606 g/mol. The van der Waals surface area contributed by atoms with E-state index in [1.807, 2.05) is 0 Å². The second-order valence-electron chi connectivity index (χ2n) is 6.06. The number of carboxylic acid groups (broad SMARTS) is 4. The molecule has 0 bridgehead atoms. The molecule has 30 heavy (non-hydrogen) atoms. The predicted molar refractivity (Wildman–Crippen MR) is 110 cm³/mol. The van der Waals surface area contributed by atoms with Gasteiger partial charge < -0.3 is 39.6 Å². The van der Waals surface area contributed by atoms with Crippen LogP contribution in [0.3, 0.4) is 0 Å². The van der Waals surface area contributed by atoms with Crippen LogP contribution in [-0.4, -0.2) is 71.7 Å². The van der Waals surface area contributed by atoms with Crippen LogP contribution in [0.4, 0.5) is 0 Å². The van der Waals surface area contributed by atoms with Crippen molar-refractivity contribution in [1.82, 2.24) is 0 Å². The van der Waals surface area contributed by atoms with E-state index in [2.05, 4.69) is 13.8 Å². The van der Waals surface area contributed by atoms with Gasteiger partial charge in [0.1, 0.15) is 0 Å². The van der Waals surface area contributed by atoms with Crippen molar-refractivity contribution in [1.29, 1.82) is 0 Å². The Hall–Kier alpha value is -0.523. The topological polar surface area (TPSA) is 161 Å². The molecule has 0 aromatic heterocycles. The SMILES string of the molecule is CC(=O)[O-].CC(=O)[O-].CCCCCCCC(=O)[O-].CCCCCCCC(=O)[O-].[Sn+2].[Sn+2]. The zero-order valence-corrected chi connectivity index (χ0v) is 24.5. The molecule has 0 spiro atoms. The molecular formula is C20H36O8Sn2. The largest absolute Gasteiger partial charge is 2.00 e. The molecule has 0 unspecified atom stereocenters. The van der Waals surface area contributed by atoms with Gasteiger partial charge in [-0.25, -0.2) is 0 Å². The number of carboxylic acids is 4. The van der Waals surface area contributed by atoms with Gasteiger partial charge in [0, 0.05) is 23.9 Å². The summed E-state index contributed by atoms with van der Waals surface area (Å²) in [5, 5.41) is 37.6. The average Bonchev–Trinajstić information content (AvgIpc) is 2.53. The van der Waals surface area contributed by atoms with E-state index in [1.54, 1.807) is 0 Å². The molecule has 172 valence electrons. The van der Waals surface area contributed by atoms with Gasteiger partial charge in [-0.1, -0.05) is 65.2 Å². The maximum atomic E-state index is 9.92. The maximum absolute atomic E-state index is 9.92. The summed E-state index contributed by atoms with van der Waals surface area (Å²) in [5.41, 5.74) is 0. The third-order valence-corrected chi connectivity index (χ3v) is 2.97. The van der Waals surface area contributed by atoms with E-state index in [1.165, 1.54) is 25.7 Å². The monoisotopic (exact) mass is 644 g/mol. The minimum absolute atomic E-state index is 0. The van der Waals surface area contributed by atoms with Crippen LogP contribution in [0.2, 0.25) is 0 Å². The summed E-state index contributed by atoms with van der Waals surface area (Å²) in [6.45, 7) is 6.22. The number of carbonyl (C=O) groups is 4. The average molecular weight is 642 g/mol. The second kappa shape index (κ2) is 39.0. The number of hydrogen-bond acceptors (Lipinski definition) is 8. The smallest absolute Gasteiger partial charge is 0.550 e. The first-order valence-corrected chi connectivity index (χ1v) is 9.75. The molecule has 0 saturated carbocycles. The fourth-order valence-electron chi connectivity index (χ4n) is 1.75.